The van der Waals surface area contributed by atoms with Gasteiger partial charge in [-0.2, -0.15) is 0 Å². The first kappa shape index (κ1) is 11.1. The zero-order chi connectivity index (χ0) is 12.1. The predicted molar refractivity (Wildman–Crippen MR) is 65.7 cm³/mol. The molecular formula is C13H12N2O2. The highest BCUT2D eigenvalue weighted by Crippen LogP contribution is 2.18. The lowest BCUT2D eigenvalue weighted by Crippen LogP contribution is -2.12. The molecule has 1 aromatic carbocycles. The van der Waals surface area contributed by atoms with Gasteiger partial charge in [-0.3, -0.25) is 5.32 Å². The lowest BCUT2D eigenvalue weighted by molar-refractivity contribution is 0.187. The minimum absolute atomic E-state index is 0.471. The Morgan fingerprint density at radius 1 is 1.12 bits per heavy atom. The third kappa shape index (κ3) is 2.81. The molecule has 0 atom stereocenters. The molecule has 0 saturated carbocycles. The second kappa shape index (κ2) is 5.12. The molecule has 0 spiro atoms. The van der Waals surface area contributed by atoms with Crippen molar-refractivity contribution in [3.63, 3.8) is 0 Å². The molecule has 2 rings (SSSR count). The molecule has 0 bridgehead atoms. The first-order chi connectivity index (χ1) is 8.29. The Kier molecular flexibility index (Phi) is 3.35. The second-order valence-corrected chi connectivity index (χ2v) is 3.39. The fourth-order valence-corrected chi connectivity index (χ4v) is 1.43. The van der Waals surface area contributed by atoms with Crippen molar-refractivity contribution >= 4 is 11.9 Å². The molecule has 1 heterocycles. The molecule has 0 radical (unpaired) electrons. The molecule has 0 saturated heterocycles. The fraction of sp³-hybridized carbons (Fsp3) is 0.0769. The molecule has 1 N–H and O–H groups in total. The summed E-state index contributed by atoms with van der Waals surface area (Å²) in [6.07, 6.45) is -0.525. The van der Waals surface area contributed by atoms with Gasteiger partial charge in [-0.15, -0.1) is 0 Å². The zero-order valence-electron chi connectivity index (χ0n) is 9.38. The molecule has 1 amide bonds. The number of rotatable bonds is 2. The number of aromatic nitrogens is 1. The lowest BCUT2D eigenvalue weighted by atomic mass is 10.1. The first-order valence-electron chi connectivity index (χ1n) is 5.17. The number of anilines is 1. The van der Waals surface area contributed by atoms with Crippen molar-refractivity contribution in [2.45, 2.75) is 0 Å². The highest BCUT2D eigenvalue weighted by molar-refractivity contribution is 5.83. The van der Waals surface area contributed by atoms with Gasteiger partial charge in [0.1, 0.15) is 5.82 Å². The SMILES string of the molecule is COC(=O)Nc1cccc(-c2ccccc2)n1. The summed E-state index contributed by atoms with van der Waals surface area (Å²) in [5, 5.41) is 2.53. The quantitative estimate of drug-likeness (QED) is 0.859. The molecule has 0 aliphatic heterocycles. The van der Waals surface area contributed by atoms with Crippen LogP contribution in [0.5, 0.6) is 0 Å². The molecule has 0 fully saturated rings. The van der Waals surface area contributed by atoms with Gasteiger partial charge in [-0.05, 0) is 12.1 Å². The van der Waals surface area contributed by atoms with Crippen LogP contribution in [0.2, 0.25) is 0 Å². The number of methoxy groups -OCH3 is 1. The maximum atomic E-state index is 11.1. The standard InChI is InChI=1S/C13H12N2O2/c1-17-13(16)15-12-9-5-8-11(14-12)10-6-3-2-4-7-10/h2-9H,1H3,(H,14,15,16). The van der Waals surface area contributed by atoms with Gasteiger partial charge in [0, 0.05) is 5.56 Å². The third-order valence-electron chi connectivity index (χ3n) is 2.23. The third-order valence-corrected chi connectivity index (χ3v) is 2.23. The van der Waals surface area contributed by atoms with Gasteiger partial charge < -0.3 is 4.74 Å². The van der Waals surface area contributed by atoms with Gasteiger partial charge >= 0.3 is 6.09 Å². The summed E-state index contributed by atoms with van der Waals surface area (Å²) in [5.74, 6) is 0.471. The van der Waals surface area contributed by atoms with E-state index in [2.05, 4.69) is 15.0 Å². The number of carbonyl (C=O) groups is 1. The smallest absolute Gasteiger partial charge is 0.412 e. The highest BCUT2D eigenvalue weighted by Gasteiger charge is 2.03. The maximum absolute atomic E-state index is 11.1. The molecule has 4 heteroatoms. The van der Waals surface area contributed by atoms with Gasteiger partial charge in [0.2, 0.25) is 0 Å². The number of pyridine rings is 1. The summed E-state index contributed by atoms with van der Waals surface area (Å²) in [6, 6.07) is 15.2. The van der Waals surface area contributed by atoms with Crippen LogP contribution in [-0.4, -0.2) is 18.2 Å². The number of hydrogen-bond donors (Lipinski definition) is 1. The molecule has 0 aliphatic carbocycles. The Bertz CT molecular complexity index is 512. The minimum atomic E-state index is -0.525. The van der Waals surface area contributed by atoms with Crippen molar-refractivity contribution in [2.24, 2.45) is 0 Å². The van der Waals surface area contributed by atoms with E-state index in [0.717, 1.165) is 11.3 Å². The van der Waals surface area contributed by atoms with E-state index in [4.69, 9.17) is 0 Å². The Morgan fingerprint density at radius 3 is 2.59 bits per heavy atom. The monoisotopic (exact) mass is 228 g/mol. The van der Waals surface area contributed by atoms with E-state index in [1.165, 1.54) is 7.11 Å². The number of nitrogens with zero attached hydrogens (tertiary/aromatic N) is 1. The van der Waals surface area contributed by atoms with Crippen molar-refractivity contribution in [3.8, 4) is 11.3 Å². The molecule has 0 unspecified atom stereocenters. The molecule has 2 aromatic rings. The van der Waals surface area contributed by atoms with Crippen LogP contribution in [0.25, 0.3) is 11.3 Å². The van der Waals surface area contributed by atoms with Crippen molar-refractivity contribution in [1.29, 1.82) is 0 Å². The number of carbonyl (C=O) groups excluding carboxylic acids is 1. The summed E-state index contributed by atoms with van der Waals surface area (Å²) >= 11 is 0. The Balaban J connectivity index is 2.26. The van der Waals surface area contributed by atoms with Crippen LogP contribution < -0.4 is 5.32 Å². The topological polar surface area (TPSA) is 51.2 Å². The molecular weight excluding hydrogens is 216 g/mol. The van der Waals surface area contributed by atoms with Crippen LogP contribution in [0.4, 0.5) is 10.6 Å². The van der Waals surface area contributed by atoms with Crippen LogP contribution in [0.15, 0.2) is 48.5 Å². The first-order valence-corrected chi connectivity index (χ1v) is 5.17. The number of nitrogens with one attached hydrogen (secondary N) is 1. The Morgan fingerprint density at radius 2 is 1.88 bits per heavy atom. The molecule has 86 valence electrons. The van der Waals surface area contributed by atoms with Crippen molar-refractivity contribution < 1.29 is 9.53 Å². The van der Waals surface area contributed by atoms with Crippen LogP contribution >= 0.6 is 0 Å². The van der Waals surface area contributed by atoms with Gasteiger partial charge in [0.15, 0.2) is 0 Å². The van der Waals surface area contributed by atoms with E-state index in [1.54, 1.807) is 6.07 Å². The van der Waals surface area contributed by atoms with Crippen molar-refractivity contribution in [3.05, 3.63) is 48.5 Å². The van der Waals surface area contributed by atoms with Crippen LogP contribution in [0.3, 0.4) is 0 Å². The summed E-state index contributed by atoms with van der Waals surface area (Å²) < 4.78 is 4.51. The van der Waals surface area contributed by atoms with E-state index in [9.17, 15) is 4.79 Å². The largest absolute Gasteiger partial charge is 0.453 e. The second-order valence-electron chi connectivity index (χ2n) is 3.39. The van der Waals surface area contributed by atoms with Crippen molar-refractivity contribution in [1.82, 2.24) is 4.98 Å². The minimum Gasteiger partial charge on any atom is -0.453 e. The van der Waals surface area contributed by atoms with Gasteiger partial charge in [-0.1, -0.05) is 36.4 Å². The lowest BCUT2D eigenvalue weighted by Gasteiger charge is -2.05. The molecule has 1 aromatic heterocycles. The van der Waals surface area contributed by atoms with Gasteiger partial charge in [-0.25, -0.2) is 9.78 Å². The Labute approximate surface area is 99.3 Å². The van der Waals surface area contributed by atoms with Gasteiger partial charge in [0.25, 0.3) is 0 Å². The Hall–Kier alpha value is -2.36. The van der Waals surface area contributed by atoms with Crippen LogP contribution in [0, 0.1) is 0 Å². The summed E-state index contributed by atoms with van der Waals surface area (Å²) in [6.45, 7) is 0. The summed E-state index contributed by atoms with van der Waals surface area (Å²) in [4.78, 5) is 15.4. The molecule has 4 nitrogen and oxygen atoms in total. The zero-order valence-corrected chi connectivity index (χ0v) is 9.38. The molecule has 0 aliphatic rings. The van der Waals surface area contributed by atoms with Crippen LogP contribution in [-0.2, 0) is 4.74 Å². The average molecular weight is 228 g/mol. The predicted octanol–water partition coefficient (Wildman–Crippen LogP) is 2.93. The summed E-state index contributed by atoms with van der Waals surface area (Å²) in [7, 11) is 1.32. The van der Waals surface area contributed by atoms with E-state index in [1.807, 2.05) is 42.5 Å². The number of amides is 1. The van der Waals surface area contributed by atoms with Gasteiger partial charge in [0.05, 0.1) is 12.8 Å². The highest BCUT2D eigenvalue weighted by atomic mass is 16.5. The van der Waals surface area contributed by atoms with E-state index in [0.29, 0.717) is 5.82 Å². The van der Waals surface area contributed by atoms with E-state index in [-0.39, 0.29) is 0 Å². The normalized spacial score (nSPS) is 9.71. The number of hydrogen-bond acceptors (Lipinski definition) is 3. The summed E-state index contributed by atoms with van der Waals surface area (Å²) in [5.41, 5.74) is 1.81. The van der Waals surface area contributed by atoms with E-state index < -0.39 is 6.09 Å². The number of benzene rings is 1. The number of ether oxygens (including phenoxy) is 1. The maximum Gasteiger partial charge on any atom is 0.412 e. The average Bonchev–Trinajstić information content (AvgIpc) is 2.40. The van der Waals surface area contributed by atoms with Crippen LogP contribution in [0.1, 0.15) is 0 Å². The molecule has 17 heavy (non-hydrogen) atoms. The van der Waals surface area contributed by atoms with E-state index >= 15 is 0 Å². The fourth-order valence-electron chi connectivity index (χ4n) is 1.43. The van der Waals surface area contributed by atoms with Crippen molar-refractivity contribution in [2.75, 3.05) is 12.4 Å².